The lowest BCUT2D eigenvalue weighted by atomic mass is 9.45. The van der Waals surface area contributed by atoms with Gasteiger partial charge in [-0.3, -0.25) is 14.3 Å². The zero-order valence-corrected chi connectivity index (χ0v) is 29.2. The molecule has 2 bridgehead atoms. The quantitative estimate of drug-likeness (QED) is 0.163. The molecule has 0 radical (unpaired) electrons. The molecule has 4 aliphatic rings. The molecule has 1 saturated heterocycles. The van der Waals surface area contributed by atoms with E-state index >= 15 is 0 Å². The predicted molar refractivity (Wildman–Crippen MR) is 195 cm³/mol. The summed E-state index contributed by atoms with van der Waals surface area (Å²) in [5, 5.41) is 4.22. The van der Waals surface area contributed by atoms with Crippen LogP contribution in [0.5, 0.6) is 5.75 Å². The minimum absolute atomic E-state index is 0.135. The monoisotopic (exact) mass is 664 g/mol. The van der Waals surface area contributed by atoms with Crippen LogP contribution in [0.3, 0.4) is 0 Å². The molecule has 0 spiro atoms. The minimum Gasteiger partial charge on any atom is -0.497 e. The first-order valence-corrected chi connectivity index (χ1v) is 17.9. The molecule has 4 atom stereocenters. The number of halogens is 1. The number of aryl methyl sites for hydroxylation is 2. The van der Waals surface area contributed by atoms with Crippen LogP contribution in [-0.4, -0.2) is 71.2 Å². The molecule has 1 aliphatic heterocycles. The van der Waals surface area contributed by atoms with Crippen LogP contribution in [0, 0.1) is 29.0 Å². The van der Waals surface area contributed by atoms with Gasteiger partial charge >= 0.3 is 0 Å². The van der Waals surface area contributed by atoms with Crippen molar-refractivity contribution in [2.75, 3.05) is 45.2 Å². The van der Waals surface area contributed by atoms with Crippen molar-refractivity contribution < 1.29 is 9.13 Å². The summed E-state index contributed by atoms with van der Waals surface area (Å²) in [7, 11) is 1.51. The number of ether oxygens (including phenoxy) is 1. The number of fused-ring (bicyclic) bond motifs is 3. The number of hydrogen-bond donors (Lipinski definition) is 1. The van der Waals surface area contributed by atoms with Gasteiger partial charge in [-0.15, -0.1) is 0 Å². The topological polar surface area (TPSA) is 75.0 Å². The molecule has 4 aromatic rings. The van der Waals surface area contributed by atoms with Gasteiger partial charge in [-0.25, -0.2) is 14.4 Å². The maximum absolute atomic E-state index is 14.5. The summed E-state index contributed by atoms with van der Waals surface area (Å²) in [6.07, 6.45) is 5.46. The number of aromatic nitrogens is 2. The number of hydrogen-bond acceptors (Lipinski definition) is 5. The van der Waals surface area contributed by atoms with Crippen LogP contribution in [0.15, 0.2) is 82.8 Å². The van der Waals surface area contributed by atoms with Crippen LogP contribution in [-0.2, 0) is 19.4 Å². The van der Waals surface area contributed by atoms with Gasteiger partial charge in [0.15, 0.2) is 5.96 Å². The van der Waals surface area contributed by atoms with E-state index in [9.17, 15) is 9.18 Å². The molecular weight excluding hydrogens is 615 g/mol. The van der Waals surface area contributed by atoms with Crippen molar-refractivity contribution in [1.82, 2.24) is 19.4 Å². The predicted octanol–water partition coefficient (Wildman–Crippen LogP) is 6.49. The average Bonchev–Trinajstić information content (AvgIpc) is 3.11. The highest BCUT2D eigenvalue weighted by atomic mass is 19.1. The Morgan fingerprint density at radius 1 is 1.00 bits per heavy atom. The van der Waals surface area contributed by atoms with E-state index in [4.69, 9.17) is 9.73 Å². The third kappa shape index (κ3) is 6.95. The number of anilines is 1. The van der Waals surface area contributed by atoms with Crippen molar-refractivity contribution >= 4 is 22.5 Å². The highest BCUT2D eigenvalue weighted by Gasteiger charge is 2.56. The lowest BCUT2D eigenvalue weighted by molar-refractivity contribution is -0.108. The third-order valence-corrected chi connectivity index (χ3v) is 11.8. The fourth-order valence-electron chi connectivity index (χ4n) is 8.38. The van der Waals surface area contributed by atoms with E-state index < -0.39 is 0 Å². The van der Waals surface area contributed by atoms with Gasteiger partial charge in [0.05, 0.1) is 30.4 Å². The third-order valence-electron chi connectivity index (χ3n) is 11.8. The van der Waals surface area contributed by atoms with Gasteiger partial charge in [-0.05, 0) is 84.2 Å². The zero-order chi connectivity index (χ0) is 34.1. The number of methoxy groups -OCH3 is 1. The number of guanidine groups is 1. The maximum Gasteiger partial charge on any atom is 0.261 e. The van der Waals surface area contributed by atoms with Crippen LogP contribution < -0.4 is 15.6 Å². The van der Waals surface area contributed by atoms with E-state index in [2.05, 4.69) is 71.2 Å². The summed E-state index contributed by atoms with van der Waals surface area (Å²) in [5.41, 5.74) is 3.68. The van der Waals surface area contributed by atoms with Gasteiger partial charge in [0.25, 0.3) is 5.56 Å². The summed E-state index contributed by atoms with van der Waals surface area (Å²) < 4.78 is 21.2. The van der Waals surface area contributed by atoms with E-state index in [1.807, 2.05) is 18.2 Å². The second kappa shape index (κ2) is 13.9. The number of nitrogens with one attached hydrogen (secondary N) is 1. The molecule has 2 heterocycles. The first kappa shape index (κ1) is 33.3. The fourth-order valence-corrected chi connectivity index (χ4v) is 8.38. The van der Waals surface area contributed by atoms with Gasteiger partial charge in [0, 0.05) is 51.0 Å². The van der Waals surface area contributed by atoms with Gasteiger partial charge < -0.3 is 15.0 Å². The highest BCUT2D eigenvalue weighted by Crippen LogP contribution is 2.61. The standard InChI is InChI=1S/C40H49FN6O2/c1-27-34-22-30(40(34,2)3)23-36(27)44-39(46-20-18-45(19-21-46)16-14-28-8-6-5-7-9-28)43-31-11-13-33-37(24-31)42-26-47(38(33)48)17-15-29-10-12-32(49-4)25-35(29)41/h5-13,24-27,30,34,36H,14-23H2,1-4H3,(H,43,44). The summed E-state index contributed by atoms with van der Waals surface area (Å²) in [5.74, 6) is 3.03. The SMILES string of the molecule is COc1ccc(CCn2cnc3cc(NC(=NC4CC5CC(C4C)C5(C)C)N4CCN(CCc5ccccc5)CC4)ccc3c2=O)c(F)c1. The molecule has 3 aliphatic carbocycles. The van der Waals surface area contributed by atoms with E-state index in [1.54, 1.807) is 23.0 Å². The van der Waals surface area contributed by atoms with Crippen molar-refractivity contribution in [1.29, 1.82) is 0 Å². The second-order valence-electron chi connectivity index (χ2n) is 14.8. The van der Waals surface area contributed by atoms with Crippen LogP contribution >= 0.6 is 0 Å². The zero-order valence-electron chi connectivity index (χ0n) is 29.2. The Morgan fingerprint density at radius 2 is 1.80 bits per heavy atom. The molecule has 4 unspecified atom stereocenters. The molecule has 3 aromatic carbocycles. The number of rotatable bonds is 9. The summed E-state index contributed by atoms with van der Waals surface area (Å²) in [6.45, 7) is 12.4. The van der Waals surface area contributed by atoms with E-state index in [1.165, 1.54) is 25.2 Å². The van der Waals surface area contributed by atoms with Crippen molar-refractivity contribution in [3.63, 3.8) is 0 Å². The molecule has 0 amide bonds. The molecule has 49 heavy (non-hydrogen) atoms. The molecule has 8 rings (SSSR count). The molecule has 8 nitrogen and oxygen atoms in total. The van der Waals surface area contributed by atoms with Crippen LogP contribution in [0.4, 0.5) is 10.1 Å². The van der Waals surface area contributed by atoms with Gasteiger partial charge in [0.2, 0.25) is 0 Å². The van der Waals surface area contributed by atoms with Gasteiger partial charge in [0.1, 0.15) is 11.6 Å². The minimum atomic E-state index is -0.341. The Kier molecular flexibility index (Phi) is 9.46. The molecular formula is C40H49FN6O2. The van der Waals surface area contributed by atoms with E-state index in [-0.39, 0.29) is 17.4 Å². The molecule has 258 valence electrons. The Labute approximate surface area is 289 Å². The number of nitrogens with zero attached hydrogens (tertiary/aromatic N) is 5. The van der Waals surface area contributed by atoms with Crippen LogP contribution in [0.1, 0.15) is 44.7 Å². The first-order valence-electron chi connectivity index (χ1n) is 17.9. The Hall–Kier alpha value is -4.24. The normalized spacial score (nSPS) is 23.7. The van der Waals surface area contributed by atoms with Gasteiger partial charge in [-0.1, -0.05) is 57.2 Å². The highest BCUT2D eigenvalue weighted by molar-refractivity contribution is 5.96. The van der Waals surface area contributed by atoms with Crippen molar-refractivity contribution in [2.24, 2.45) is 28.2 Å². The molecule has 4 fully saturated rings. The van der Waals surface area contributed by atoms with Crippen LogP contribution in [0.2, 0.25) is 0 Å². The summed E-state index contributed by atoms with van der Waals surface area (Å²) in [6, 6.07) is 21.6. The van der Waals surface area contributed by atoms with E-state index in [0.717, 1.165) is 63.1 Å². The molecule has 1 N–H and O–H groups in total. The van der Waals surface area contributed by atoms with Crippen LogP contribution in [0.25, 0.3) is 10.9 Å². The summed E-state index contributed by atoms with van der Waals surface area (Å²) in [4.78, 5) is 28.5. The first-order chi connectivity index (χ1) is 23.7. The molecule has 1 aromatic heterocycles. The molecule has 3 saturated carbocycles. The lowest BCUT2D eigenvalue weighted by Crippen LogP contribution is -2.57. The Bertz CT molecular complexity index is 1870. The Balaban J connectivity index is 1.07. The fraction of sp³-hybridized carbons (Fsp3) is 0.475. The number of piperazine rings is 1. The Morgan fingerprint density at radius 3 is 2.51 bits per heavy atom. The van der Waals surface area contributed by atoms with Crippen molar-refractivity contribution in [3.8, 4) is 5.75 Å². The second-order valence-corrected chi connectivity index (χ2v) is 14.8. The largest absolute Gasteiger partial charge is 0.497 e. The number of aliphatic imine (C=N–C) groups is 1. The summed E-state index contributed by atoms with van der Waals surface area (Å²) >= 11 is 0. The van der Waals surface area contributed by atoms with E-state index in [0.29, 0.717) is 52.4 Å². The van der Waals surface area contributed by atoms with Gasteiger partial charge in [-0.2, -0.15) is 0 Å². The smallest absolute Gasteiger partial charge is 0.261 e. The average molecular weight is 665 g/mol. The number of benzene rings is 3. The lowest BCUT2D eigenvalue weighted by Gasteiger charge is -2.61. The maximum atomic E-state index is 14.5. The van der Waals surface area contributed by atoms with Crippen molar-refractivity contribution in [2.45, 2.75) is 59.0 Å². The molecule has 9 heteroatoms. The van der Waals surface area contributed by atoms with Crippen molar-refractivity contribution in [3.05, 3.63) is 100 Å².